The fourth-order valence-electron chi connectivity index (χ4n) is 2.29. The molecular weight excluding hydrogens is 345 g/mol. The fraction of sp³-hybridized carbons (Fsp3) is 0.316. The number of nitrogens with one attached hydrogen (secondary N) is 1. The number of benzene rings is 2. The summed E-state index contributed by atoms with van der Waals surface area (Å²) in [6, 6.07) is 10.7. The molecule has 0 fully saturated rings. The number of amides is 1. The van der Waals surface area contributed by atoms with E-state index in [0.717, 1.165) is 5.56 Å². The molecule has 0 bridgehead atoms. The highest BCUT2D eigenvalue weighted by atomic mass is 35.5. The van der Waals surface area contributed by atoms with Crippen LogP contribution in [0.1, 0.15) is 35.2 Å². The second-order valence-corrected chi connectivity index (χ2v) is 7.28. The number of carbonyl (C=O) groups excluding carboxylic acids is 1. The Labute approximate surface area is 151 Å². The van der Waals surface area contributed by atoms with Gasteiger partial charge in [0.2, 0.25) is 5.91 Å². The number of thioether (sulfide) groups is 1. The SMILES string of the molecule is Cc1ccc([C@H](C)NC(=O)CSCc2ccc(Cl)cc2F)cc1C. The Hall–Kier alpha value is -1.52. The third-order valence-corrected chi connectivity index (χ3v) is 5.13. The number of rotatable bonds is 6. The highest BCUT2D eigenvalue weighted by Crippen LogP contribution is 2.20. The van der Waals surface area contributed by atoms with Crippen LogP contribution in [0.5, 0.6) is 0 Å². The summed E-state index contributed by atoms with van der Waals surface area (Å²) in [4.78, 5) is 12.1. The molecule has 1 atom stereocenters. The summed E-state index contributed by atoms with van der Waals surface area (Å²) in [5.41, 5.74) is 4.08. The monoisotopic (exact) mass is 365 g/mol. The van der Waals surface area contributed by atoms with Gasteiger partial charge in [0.25, 0.3) is 0 Å². The molecule has 2 aromatic rings. The van der Waals surface area contributed by atoms with Crippen molar-refractivity contribution >= 4 is 29.3 Å². The Morgan fingerprint density at radius 3 is 2.62 bits per heavy atom. The first kappa shape index (κ1) is 18.8. The Balaban J connectivity index is 1.83. The van der Waals surface area contributed by atoms with Crippen LogP contribution in [-0.2, 0) is 10.5 Å². The minimum Gasteiger partial charge on any atom is -0.349 e. The van der Waals surface area contributed by atoms with Crippen molar-refractivity contribution in [3.05, 3.63) is 69.5 Å². The van der Waals surface area contributed by atoms with Crippen LogP contribution in [0.3, 0.4) is 0 Å². The van der Waals surface area contributed by atoms with Crippen LogP contribution in [-0.4, -0.2) is 11.7 Å². The smallest absolute Gasteiger partial charge is 0.230 e. The van der Waals surface area contributed by atoms with Crippen molar-refractivity contribution < 1.29 is 9.18 Å². The summed E-state index contributed by atoms with van der Waals surface area (Å²) >= 11 is 7.11. The minimum absolute atomic E-state index is 0.0512. The third-order valence-electron chi connectivity index (χ3n) is 3.91. The number of hydrogen-bond donors (Lipinski definition) is 1. The topological polar surface area (TPSA) is 29.1 Å². The van der Waals surface area contributed by atoms with Crippen molar-refractivity contribution in [2.24, 2.45) is 0 Å². The zero-order valence-electron chi connectivity index (χ0n) is 14.0. The number of aryl methyl sites for hydroxylation is 2. The van der Waals surface area contributed by atoms with Gasteiger partial charge in [0, 0.05) is 10.8 Å². The summed E-state index contributed by atoms with van der Waals surface area (Å²) in [6.45, 7) is 6.09. The van der Waals surface area contributed by atoms with E-state index in [1.807, 2.05) is 13.0 Å². The summed E-state index contributed by atoms with van der Waals surface area (Å²) in [6.07, 6.45) is 0. The number of carbonyl (C=O) groups is 1. The standard InChI is InChI=1S/C19H21ClFNOS/c1-12-4-5-15(8-13(12)2)14(3)22-19(23)11-24-10-16-6-7-17(20)9-18(16)21/h4-9,14H,10-11H2,1-3H3,(H,22,23)/t14-/m0/s1. The van der Waals surface area contributed by atoms with Gasteiger partial charge in [-0.1, -0.05) is 35.9 Å². The lowest BCUT2D eigenvalue weighted by Gasteiger charge is -2.15. The van der Waals surface area contributed by atoms with E-state index in [-0.39, 0.29) is 23.5 Å². The molecule has 0 aliphatic heterocycles. The van der Waals surface area contributed by atoms with Crippen LogP contribution < -0.4 is 5.32 Å². The Kier molecular flexibility index (Phi) is 6.69. The highest BCUT2D eigenvalue weighted by Gasteiger charge is 2.11. The second kappa shape index (κ2) is 8.54. The van der Waals surface area contributed by atoms with Crippen LogP contribution in [0.15, 0.2) is 36.4 Å². The quantitative estimate of drug-likeness (QED) is 0.761. The summed E-state index contributed by atoms with van der Waals surface area (Å²) in [5, 5.41) is 3.35. The molecule has 0 radical (unpaired) electrons. The van der Waals surface area contributed by atoms with Gasteiger partial charge in [-0.2, -0.15) is 0 Å². The van der Waals surface area contributed by atoms with Crippen molar-refractivity contribution in [3.63, 3.8) is 0 Å². The van der Waals surface area contributed by atoms with Crippen LogP contribution in [0, 0.1) is 19.7 Å². The fourth-order valence-corrected chi connectivity index (χ4v) is 3.28. The molecule has 0 aliphatic rings. The van der Waals surface area contributed by atoms with Crippen LogP contribution in [0.2, 0.25) is 5.02 Å². The Morgan fingerprint density at radius 2 is 1.96 bits per heavy atom. The predicted molar refractivity (Wildman–Crippen MR) is 100 cm³/mol. The molecule has 5 heteroatoms. The van der Waals surface area contributed by atoms with Gasteiger partial charge in [-0.25, -0.2) is 4.39 Å². The van der Waals surface area contributed by atoms with Gasteiger partial charge in [0.1, 0.15) is 5.82 Å². The first-order valence-corrected chi connectivity index (χ1v) is 9.28. The molecule has 2 rings (SSSR count). The summed E-state index contributed by atoms with van der Waals surface area (Å²) in [5.74, 6) is 0.338. The van der Waals surface area contributed by atoms with Gasteiger partial charge >= 0.3 is 0 Å². The lowest BCUT2D eigenvalue weighted by molar-refractivity contribution is -0.119. The van der Waals surface area contributed by atoms with Crippen molar-refractivity contribution in [2.75, 3.05) is 5.75 Å². The van der Waals surface area contributed by atoms with Crippen molar-refractivity contribution in [1.29, 1.82) is 0 Å². The zero-order valence-corrected chi connectivity index (χ0v) is 15.6. The van der Waals surface area contributed by atoms with E-state index in [4.69, 9.17) is 11.6 Å². The van der Waals surface area contributed by atoms with E-state index in [9.17, 15) is 9.18 Å². The molecule has 1 N–H and O–H groups in total. The molecular formula is C19H21ClFNOS. The van der Waals surface area contributed by atoms with Crippen molar-refractivity contribution in [3.8, 4) is 0 Å². The number of hydrogen-bond acceptors (Lipinski definition) is 2. The first-order chi connectivity index (χ1) is 11.4. The molecule has 2 aromatic carbocycles. The van der Waals surface area contributed by atoms with Gasteiger partial charge in [-0.05, 0) is 55.2 Å². The maximum Gasteiger partial charge on any atom is 0.230 e. The molecule has 0 spiro atoms. The lowest BCUT2D eigenvalue weighted by Crippen LogP contribution is -2.28. The molecule has 0 unspecified atom stereocenters. The van der Waals surface area contributed by atoms with E-state index in [1.165, 1.54) is 29.0 Å². The zero-order chi connectivity index (χ0) is 17.7. The molecule has 0 aromatic heterocycles. The van der Waals surface area contributed by atoms with Crippen LogP contribution in [0.4, 0.5) is 4.39 Å². The van der Waals surface area contributed by atoms with E-state index in [0.29, 0.717) is 16.3 Å². The van der Waals surface area contributed by atoms with Gasteiger partial charge in [-0.15, -0.1) is 11.8 Å². The molecule has 2 nitrogen and oxygen atoms in total. The predicted octanol–water partition coefficient (Wildman–Crippen LogP) is 5.21. The Morgan fingerprint density at radius 1 is 1.21 bits per heavy atom. The molecule has 0 saturated carbocycles. The molecule has 0 saturated heterocycles. The molecule has 128 valence electrons. The summed E-state index contributed by atoms with van der Waals surface area (Å²) in [7, 11) is 0. The minimum atomic E-state index is -0.334. The largest absolute Gasteiger partial charge is 0.349 e. The summed E-state index contributed by atoms with van der Waals surface area (Å²) < 4.78 is 13.7. The molecule has 1 amide bonds. The van der Waals surface area contributed by atoms with Crippen LogP contribution in [0.25, 0.3) is 0 Å². The van der Waals surface area contributed by atoms with E-state index in [2.05, 4.69) is 31.3 Å². The van der Waals surface area contributed by atoms with Gasteiger partial charge in [0.05, 0.1) is 11.8 Å². The van der Waals surface area contributed by atoms with Crippen molar-refractivity contribution in [2.45, 2.75) is 32.6 Å². The first-order valence-electron chi connectivity index (χ1n) is 7.75. The maximum atomic E-state index is 13.7. The van der Waals surface area contributed by atoms with E-state index in [1.54, 1.807) is 12.1 Å². The average Bonchev–Trinajstić information content (AvgIpc) is 2.52. The average molecular weight is 366 g/mol. The van der Waals surface area contributed by atoms with Crippen molar-refractivity contribution in [1.82, 2.24) is 5.32 Å². The lowest BCUT2D eigenvalue weighted by atomic mass is 10.0. The van der Waals surface area contributed by atoms with Crippen LogP contribution >= 0.6 is 23.4 Å². The Bertz CT molecular complexity index is 735. The molecule has 24 heavy (non-hydrogen) atoms. The van der Waals surface area contributed by atoms with E-state index >= 15 is 0 Å². The van der Waals surface area contributed by atoms with Gasteiger partial charge in [0.15, 0.2) is 0 Å². The van der Waals surface area contributed by atoms with E-state index < -0.39 is 0 Å². The second-order valence-electron chi connectivity index (χ2n) is 5.86. The highest BCUT2D eigenvalue weighted by molar-refractivity contribution is 7.99. The third kappa shape index (κ3) is 5.25. The number of halogens is 2. The molecule has 0 aliphatic carbocycles. The normalized spacial score (nSPS) is 12.0. The molecule has 0 heterocycles. The maximum absolute atomic E-state index is 13.7. The van der Waals surface area contributed by atoms with Gasteiger partial charge < -0.3 is 5.32 Å². The van der Waals surface area contributed by atoms with Gasteiger partial charge in [-0.3, -0.25) is 4.79 Å².